The molecule has 1 aromatic carbocycles. The second kappa shape index (κ2) is 8.62. The molecule has 2 rings (SSSR count). The summed E-state index contributed by atoms with van der Waals surface area (Å²) in [5.74, 6) is 1.55. The topological polar surface area (TPSA) is 54.8 Å². The fourth-order valence-corrected chi connectivity index (χ4v) is 2.44. The number of pyridine rings is 1. The van der Waals surface area contributed by atoms with Crippen LogP contribution in [0.4, 0.5) is 0 Å². The number of methoxy groups -OCH3 is 1. The highest BCUT2D eigenvalue weighted by Gasteiger charge is 2.09. The first kappa shape index (κ1) is 17.4. The van der Waals surface area contributed by atoms with Gasteiger partial charge in [-0.15, -0.1) is 0 Å². The summed E-state index contributed by atoms with van der Waals surface area (Å²) in [5.41, 5.74) is 2.24. The normalized spacial score (nSPS) is 12.4. The lowest BCUT2D eigenvalue weighted by molar-refractivity contribution is 0.0419. The minimum Gasteiger partial charge on any atom is -0.455 e. The van der Waals surface area contributed by atoms with Gasteiger partial charge in [0.2, 0.25) is 0 Å². The predicted octanol–water partition coefficient (Wildman–Crippen LogP) is 2.62. The van der Waals surface area contributed by atoms with E-state index in [1.54, 1.807) is 19.5 Å². The number of hydrogen-bond donors (Lipinski definition) is 1. The number of nitrogens with zero attached hydrogens (tertiary/aromatic N) is 2. The van der Waals surface area contributed by atoms with Gasteiger partial charge >= 0.3 is 0 Å². The summed E-state index contributed by atoms with van der Waals surface area (Å²) >= 11 is 0. The van der Waals surface area contributed by atoms with E-state index >= 15 is 0 Å². The van der Waals surface area contributed by atoms with Gasteiger partial charge in [0.25, 0.3) is 0 Å². The molecule has 5 heteroatoms. The van der Waals surface area contributed by atoms with Gasteiger partial charge in [0, 0.05) is 26.4 Å². The second-order valence-corrected chi connectivity index (χ2v) is 5.70. The summed E-state index contributed by atoms with van der Waals surface area (Å²) in [6.07, 6.45) is 2.94. The Balaban J connectivity index is 1.96. The Kier molecular flexibility index (Phi) is 6.52. The zero-order valence-corrected chi connectivity index (χ0v) is 13.9. The second-order valence-electron chi connectivity index (χ2n) is 5.70. The largest absolute Gasteiger partial charge is 0.455 e. The summed E-state index contributed by atoms with van der Waals surface area (Å²) in [6, 6.07) is 9.84. The maximum absolute atomic E-state index is 9.77. The molecule has 0 saturated carbocycles. The number of hydrogen-bond acceptors (Lipinski definition) is 5. The molecule has 1 aromatic heterocycles. The van der Waals surface area contributed by atoms with E-state index in [2.05, 4.69) is 16.0 Å². The molecule has 0 bridgehead atoms. The molecule has 0 amide bonds. The minimum atomic E-state index is -0.473. The fraction of sp³-hybridized carbons (Fsp3) is 0.389. The van der Waals surface area contributed by atoms with E-state index in [-0.39, 0.29) is 0 Å². The van der Waals surface area contributed by atoms with Gasteiger partial charge in [-0.25, -0.2) is 0 Å². The Morgan fingerprint density at radius 2 is 2.13 bits per heavy atom. The summed E-state index contributed by atoms with van der Waals surface area (Å²) in [4.78, 5) is 6.11. The van der Waals surface area contributed by atoms with Crippen molar-refractivity contribution in [3.8, 4) is 11.5 Å². The van der Waals surface area contributed by atoms with Crippen molar-refractivity contribution >= 4 is 0 Å². The van der Waals surface area contributed by atoms with Crippen LogP contribution in [0.25, 0.3) is 0 Å². The molecule has 5 nitrogen and oxygen atoms in total. The maximum Gasteiger partial charge on any atom is 0.145 e. The summed E-state index contributed by atoms with van der Waals surface area (Å²) in [6.45, 7) is 3.70. The van der Waals surface area contributed by atoms with Gasteiger partial charge < -0.3 is 14.6 Å². The Labute approximate surface area is 137 Å². The van der Waals surface area contributed by atoms with Crippen molar-refractivity contribution in [2.45, 2.75) is 19.6 Å². The number of benzene rings is 1. The van der Waals surface area contributed by atoms with Crippen LogP contribution in [0.1, 0.15) is 11.1 Å². The average Bonchev–Trinajstić information content (AvgIpc) is 2.51. The fourth-order valence-electron chi connectivity index (χ4n) is 2.44. The van der Waals surface area contributed by atoms with E-state index in [0.717, 1.165) is 23.6 Å². The summed E-state index contributed by atoms with van der Waals surface area (Å²) < 4.78 is 10.8. The van der Waals surface area contributed by atoms with Gasteiger partial charge in [0.05, 0.1) is 18.9 Å². The lowest BCUT2D eigenvalue weighted by Gasteiger charge is -2.20. The van der Waals surface area contributed by atoms with Gasteiger partial charge in [-0.3, -0.25) is 9.88 Å². The standard InChI is InChI=1S/C18H24N2O3/c1-14-9-15(11-20(2)12-16(21)13-22-3)6-7-18(14)23-17-5-4-8-19-10-17/h4-10,16,21H,11-13H2,1-3H3. The van der Waals surface area contributed by atoms with Crippen LogP contribution >= 0.6 is 0 Å². The highest BCUT2D eigenvalue weighted by Crippen LogP contribution is 2.25. The molecule has 0 aliphatic heterocycles. The van der Waals surface area contributed by atoms with Crippen molar-refractivity contribution in [3.63, 3.8) is 0 Å². The molecule has 1 atom stereocenters. The molecule has 0 saturated heterocycles. The molecule has 0 aliphatic rings. The Hall–Kier alpha value is -1.95. The van der Waals surface area contributed by atoms with Crippen LogP contribution in [0.5, 0.6) is 11.5 Å². The average molecular weight is 316 g/mol. The number of aliphatic hydroxyl groups is 1. The molecule has 0 fully saturated rings. The SMILES string of the molecule is COCC(O)CN(C)Cc1ccc(Oc2cccnc2)c(C)c1. The van der Waals surface area contributed by atoms with Crippen LogP contribution in [0.3, 0.4) is 0 Å². The van der Waals surface area contributed by atoms with E-state index in [1.807, 2.05) is 38.2 Å². The first-order chi connectivity index (χ1) is 11.1. The van der Waals surface area contributed by atoms with Gasteiger partial charge in [0.1, 0.15) is 11.5 Å². The molecular weight excluding hydrogens is 292 g/mol. The third-order valence-corrected chi connectivity index (χ3v) is 3.44. The summed E-state index contributed by atoms with van der Waals surface area (Å²) in [5, 5.41) is 9.77. The predicted molar refractivity (Wildman–Crippen MR) is 89.7 cm³/mol. The quantitative estimate of drug-likeness (QED) is 0.811. The highest BCUT2D eigenvalue weighted by atomic mass is 16.5. The molecule has 0 spiro atoms. The first-order valence-corrected chi connectivity index (χ1v) is 7.61. The number of rotatable bonds is 8. The van der Waals surface area contributed by atoms with E-state index in [4.69, 9.17) is 9.47 Å². The van der Waals surface area contributed by atoms with Crippen LogP contribution in [0.2, 0.25) is 0 Å². The van der Waals surface area contributed by atoms with E-state index < -0.39 is 6.10 Å². The molecule has 1 unspecified atom stereocenters. The Bertz CT molecular complexity index is 604. The monoisotopic (exact) mass is 316 g/mol. The highest BCUT2D eigenvalue weighted by molar-refractivity contribution is 5.39. The minimum absolute atomic E-state index is 0.348. The number of aliphatic hydroxyl groups excluding tert-OH is 1. The molecule has 23 heavy (non-hydrogen) atoms. The molecule has 0 radical (unpaired) electrons. The molecule has 1 heterocycles. The van der Waals surface area contributed by atoms with Crippen LogP contribution < -0.4 is 4.74 Å². The third-order valence-electron chi connectivity index (χ3n) is 3.44. The lowest BCUT2D eigenvalue weighted by atomic mass is 10.1. The van der Waals surface area contributed by atoms with Crippen molar-refractivity contribution in [1.82, 2.24) is 9.88 Å². The molecule has 124 valence electrons. The van der Waals surface area contributed by atoms with Crippen LogP contribution in [0.15, 0.2) is 42.7 Å². The Morgan fingerprint density at radius 3 is 2.78 bits per heavy atom. The van der Waals surface area contributed by atoms with Crippen LogP contribution in [-0.2, 0) is 11.3 Å². The van der Waals surface area contributed by atoms with E-state index in [9.17, 15) is 5.11 Å². The van der Waals surface area contributed by atoms with Crippen molar-refractivity contribution in [2.24, 2.45) is 0 Å². The zero-order valence-electron chi connectivity index (χ0n) is 13.9. The number of likely N-dealkylation sites (N-methyl/N-ethyl adjacent to an activating group) is 1. The van der Waals surface area contributed by atoms with Crippen LogP contribution in [-0.4, -0.2) is 48.4 Å². The van der Waals surface area contributed by atoms with E-state index in [1.165, 1.54) is 5.56 Å². The van der Waals surface area contributed by atoms with Crippen molar-refractivity contribution < 1.29 is 14.6 Å². The van der Waals surface area contributed by atoms with Crippen molar-refractivity contribution in [2.75, 3.05) is 27.3 Å². The number of aryl methyl sites for hydroxylation is 1. The number of aromatic nitrogens is 1. The van der Waals surface area contributed by atoms with Crippen molar-refractivity contribution in [3.05, 3.63) is 53.9 Å². The van der Waals surface area contributed by atoms with Crippen LogP contribution in [0, 0.1) is 6.92 Å². The van der Waals surface area contributed by atoms with Gasteiger partial charge in [0.15, 0.2) is 0 Å². The first-order valence-electron chi connectivity index (χ1n) is 7.61. The maximum atomic E-state index is 9.77. The third kappa shape index (κ3) is 5.63. The van der Waals surface area contributed by atoms with Gasteiger partial charge in [-0.1, -0.05) is 12.1 Å². The lowest BCUT2D eigenvalue weighted by Crippen LogP contribution is -2.31. The number of ether oxygens (including phenoxy) is 2. The molecule has 0 aliphatic carbocycles. The van der Waals surface area contributed by atoms with E-state index in [0.29, 0.717) is 13.2 Å². The zero-order chi connectivity index (χ0) is 16.7. The van der Waals surface area contributed by atoms with Gasteiger partial charge in [-0.2, -0.15) is 0 Å². The Morgan fingerprint density at radius 1 is 1.30 bits per heavy atom. The summed E-state index contributed by atoms with van der Waals surface area (Å²) in [7, 11) is 3.57. The smallest absolute Gasteiger partial charge is 0.145 e. The van der Waals surface area contributed by atoms with Gasteiger partial charge in [-0.05, 0) is 43.3 Å². The van der Waals surface area contributed by atoms with Crippen molar-refractivity contribution in [1.29, 1.82) is 0 Å². The molecule has 1 N–H and O–H groups in total. The molecule has 2 aromatic rings. The molecular formula is C18H24N2O3.